The molecule has 2 saturated heterocycles. The normalized spacial score (nSPS) is 27.7. The van der Waals surface area contributed by atoms with Crippen molar-refractivity contribution in [1.29, 1.82) is 0 Å². The number of rotatable bonds is 4. The third-order valence-electron chi connectivity index (χ3n) is 4.16. The maximum Gasteiger partial charge on any atom is 0.387 e. The molecule has 4 nitrogen and oxygen atoms in total. The number of para-hydroxylation sites is 1. The van der Waals surface area contributed by atoms with Crippen molar-refractivity contribution in [2.75, 3.05) is 0 Å². The Kier molecular flexibility index (Phi) is 4.05. The van der Waals surface area contributed by atoms with Gasteiger partial charge in [-0.25, -0.2) is 0 Å². The molecule has 0 aromatic heterocycles. The summed E-state index contributed by atoms with van der Waals surface area (Å²) in [7, 11) is 0. The minimum atomic E-state index is -2.94. The Hall–Kier alpha value is -1.69. The molecule has 21 heavy (non-hydrogen) atoms. The van der Waals surface area contributed by atoms with Crippen molar-refractivity contribution in [3.8, 4) is 5.75 Å². The summed E-state index contributed by atoms with van der Waals surface area (Å²) < 4.78 is 29.1. The molecule has 3 rings (SSSR count). The van der Waals surface area contributed by atoms with Gasteiger partial charge in [0.15, 0.2) is 0 Å². The summed E-state index contributed by atoms with van der Waals surface area (Å²) >= 11 is 0. The summed E-state index contributed by atoms with van der Waals surface area (Å²) in [5.41, 5.74) is 0.156. The molecule has 2 aliphatic rings. The Morgan fingerprint density at radius 2 is 1.90 bits per heavy atom. The number of piperidine rings is 1. The number of ether oxygens (including phenoxy) is 1. The minimum Gasteiger partial charge on any atom is -0.434 e. The van der Waals surface area contributed by atoms with Gasteiger partial charge in [-0.1, -0.05) is 12.1 Å². The van der Waals surface area contributed by atoms with Crippen molar-refractivity contribution in [1.82, 2.24) is 10.6 Å². The molecule has 1 amide bonds. The fourth-order valence-corrected chi connectivity index (χ4v) is 3.29. The van der Waals surface area contributed by atoms with Gasteiger partial charge in [-0.2, -0.15) is 8.78 Å². The molecule has 0 saturated carbocycles. The molecule has 2 fully saturated rings. The molecule has 0 aliphatic carbocycles. The highest BCUT2D eigenvalue weighted by Crippen LogP contribution is 2.27. The largest absolute Gasteiger partial charge is 0.434 e. The van der Waals surface area contributed by atoms with Gasteiger partial charge in [-0.05, 0) is 37.8 Å². The average molecular weight is 296 g/mol. The Labute approximate surface area is 121 Å². The van der Waals surface area contributed by atoms with E-state index in [4.69, 9.17) is 0 Å². The summed E-state index contributed by atoms with van der Waals surface area (Å²) in [4.78, 5) is 12.3. The van der Waals surface area contributed by atoms with Crippen molar-refractivity contribution in [2.45, 2.75) is 50.4 Å². The zero-order valence-corrected chi connectivity index (χ0v) is 11.5. The van der Waals surface area contributed by atoms with E-state index in [1.165, 1.54) is 12.1 Å². The van der Waals surface area contributed by atoms with E-state index in [0.717, 1.165) is 25.7 Å². The molecule has 1 aromatic carbocycles. The first-order valence-electron chi connectivity index (χ1n) is 7.22. The quantitative estimate of drug-likeness (QED) is 0.896. The molecule has 2 bridgehead atoms. The molecule has 6 heteroatoms. The van der Waals surface area contributed by atoms with Crippen LogP contribution < -0.4 is 15.4 Å². The monoisotopic (exact) mass is 296 g/mol. The van der Waals surface area contributed by atoms with Crippen LogP contribution in [-0.2, 0) is 0 Å². The lowest BCUT2D eigenvalue weighted by Crippen LogP contribution is -2.48. The summed E-state index contributed by atoms with van der Waals surface area (Å²) in [6.07, 6.45) is 4.06. The minimum absolute atomic E-state index is 0.0816. The van der Waals surface area contributed by atoms with E-state index in [1.54, 1.807) is 12.1 Å². The van der Waals surface area contributed by atoms with Crippen LogP contribution in [-0.4, -0.2) is 30.6 Å². The Balaban J connectivity index is 1.68. The molecule has 1 aromatic rings. The number of fused-ring (bicyclic) bond motifs is 2. The van der Waals surface area contributed by atoms with Crippen LogP contribution in [0.1, 0.15) is 36.0 Å². The van der Waals surface area contributed by atoms with Gasteiger partial charge in [-0.3, -0.25) is 4.79 Å². The number of hydrogen-bond acceptors (Lipinski definition) is 3. The van der Waals surface area contributed by atoms with Crippen molar-refractivity contribution in [3.63, 3.8) is 0 Å². The zero-order valence-electron chi connectivity index (χ0n) is 11.5. The number of hydrogen-bond donors (Lipinski definition) is 2. The second kappa shape index (κ2) is 5.97. The van der Waals surface area contributed by atoms with Crippen molar-refractivity contribution >= 4 is 5.91 Å². The molecule has 2 unspecified atom stereocenters. The van der Waals surface area contributed by atoms with Gasteiger partial charge in [-0.15, -0.1) is 0 Å². The fraction of sp³-hybridized carbons (Fsp3) is 0.533. The van der Waals surface area contributed by atoms with Crippen LogP contribution in [0.3, 0.4) is 0 Å². The van der Waals surface area contributed by atoms with Crippen LogP contribution >= 0.6 is 0 Å². The fourth-order valence-electron chi connectivity index (χ4n) is 3.29. The average Bonchev–Trinajstić information content (AvgIpc) is 2.78. The predicted octanol–water partition coefficient (Wildman–Crippen LogP) is 2.30. The molecule has 2 N–H and O–H groups in total. The van der Waals surface area contributed by atoms with E-state index in [9.17, 15) is 13.6 Å². The van der Waals surface area contributed by atoms with Gasteiger partial charge in [0.1, 0.15) is 5.75 Å². The smallest absolute Gasteiger partial charge is 0.387 e. The van der Waals surface area contributed by atoms with Crippen molar-refractivity contribution < 1.29 is 18.3 Å². The topological polar surface area (TPSA) is 50.4 Å². The van der Waals surface area contributed by atoms with Gasteiger partial charge in [0.05, 0.1) is 5.56 Å². The lowest BCUT2D eigenvalue weighted by Gasteiger charge is -2.29. The van der Waals surface area contributed by atoms with Gasteiger partial charge < -0.3 is 15.4 Å². The van der Waals surface area contributed by atoms with Crippen LogP contribution in [0, 0.1) is 0 Å². The standard InChI is InChI=1S/C15H18F2N2O2/c16-15(17)21-13-4-2-1-3-12(13)14(20)19-11-7-9-5-6-10(8-11)18-9/h1-4,9-11,15,18H,5-8H2,(H,19,20). The van der Waals surface area contributed by atoms with Gasteiger partial charge in [0, 0.05) is 18.1 Å². The Bertz CT molecular complexity index is 512. The SMILES string of the molecule is O=C(NC1CC2CCC(C1)N2)c1ccccc1OC(F)F. The second-order valence-corrected chi connectivity index (χ2v) is 5.65. The predicted molar refractivity (Wildman–Crippen MR) is 73.5 cm³/mol. The summed E-state index contributed by atoms with van der Waals surface area (Å²) in [5.74, 6) is -0.431. The maximum absolute atomic E-state index is 12.4. The number of benzene rings is 1. The molecular formula is C15H18F2N2O2. The number of carbonyl (C=O) groups excluding carboxylic acids is 1. The number of alkyl halides is 2. The lowest BCUT2D eigenvalue weighted by atomic mass is 9.99. The Morgan fingerprint density at radius 1 is 1.24 bits per heavy atom. The second-order valence-electron chi connectivity index (χ2n) is 5.65. The first-order chi connectivity index (χ1) is 10.1. The van der Waals surface area contributed by atoms with E-state index in [0.29, 0.717) is 12.1 Å². The number of halogens is 2. The molecule has 2 atom stereocenters. The molecule has 0 radical (unpaired) electrons. The van der Waals surface area contributed by atoms with Crippen LogP contribution in [0.4, 0.5) is 8.78 Å². The van der Waals surface area contributed by atoms with Gasteiger partial charge in [0.25, 0.3) is 5.91 Å². The molecule has 0 spiro atoms. The van der Waals surface area contributed by atoms with Crippen LogP contribution in [0.5, 0.6) is 5.75 Å². The third-order valence-corrected chi connectivity index (χ3v) is 4.16. The number of amides is 1. The van der Waals surface area contributed by atoms with Crippen molar-refractivity contribution in [2.24, 2.45) is 0 Å². The molecule has 2 heterocycles. The van der Waals surface area contributed by atoms with Crippen LogP contribution in [0.15, 0.2) is 24.3 Å². The van der Waals surface area contributed by atoms with Gasteiger partial charge >= 0.3 is 6.61 Å². The van der Waals surface area contributed by atoms with Crippen LogP contribution in [0.2, 0.25) is 0 Å². The lowest BCUT2D eigenvalue weighted by molar-refractivity contribution is -0.0501. The number of nitrogens with one attached hydrogen (secondary N) is 2. The van der Waals surface area contributed by atoms with E-state index in [2.05, 4.69) is 15.4 Å². The van der Waals surface area contributed by atoms with E-state index < -0.39 is 6.61 Å². The maximum atomic E-state index is 12.4. The van der Waals surface area contributed by atoms with E-state index in [1.807, 2.05) is 0 Å². The Morgan fingerprint density at radius 3 is 2.57 bits per heavy atom. The molecule has 114 valence electrons. The van der Waals surface area contributed by atoms with E-state index >= 15 is 0 Å². The zero-order chi connectivity index (χ0) is 14.8. The third kappa shape index (κ3) is 3.32. The first kappa shape index (κ1) is 14.3. The summed E-state index contributed by atoms with van der Waals surface area (Å²) in [6.45, 7) is -2.94. The van der Waals surface area contributed by atoms with Crippen LogP contribution in [0.25, 0.3) is 0 Å². The highest BCUT2D eigenvalue weighted by molar-refractivity contribution is 5.97. The summed E-state index contributed by atoms with van der Waals surface area (Å²) in [5, 5.41) is 6.44. The number of carbonyl (C=O) groups is 1. The highest BCUT2D eigenvalue weighted by atomic mass is 19.3. The highest BCUT2D eigenvalue weighted by Gasteiger charge is 2.34. The summed E-state index contributed by atoms with van der Waals surface area (Å²) in [6, 6.07) is 7.10. The van der Waals surface area contributed by atoms with Gasteiger partial charge in [0.2, 0.25) is 0 Å². The molecule has 2 aliphatic heterocycles. The van der Waals surface area contributed by atoms with E-state index in [-0.39, 0.29) is 23.3 Å². The van der Waals surface area contributed by atoms with Crippen molar-refractivity contribution in [3.05, 3.63) is 29.8 Å². The molecular weight excluding hydrogens is 278 g/mol. The first-order valence-corrected chi connectivity index (χ1v) is 7.22.